The van der Waals surface area contributed by atoms with Crippen LogP contribution in [0.1, 0.15) is 61.3 Å². The van der Waals surface area contributed by atoms with E-state index in [1.807, 2.05) is 6.07 Å². The van der Waals surface area contributed by atoms with Gasteiger partial charge in [-0.1, -0.05) is 11.6 Å². The summed E-state index contributed by atoms with van der Waals surface area (Å²) in [6.07, 6.45) is 6.03. The molecular formula is C18H23N5O2. The van der Waals surface area contributed by atoms with Crippen molar-refractivity contribution in [2.24, 2.45) is 5.92 Å². The van der Waals surface area contributed by atoms with Gasteiger partial charge in [0.1, 0.15) is 0 Å². The number of nitrogens with zero attached hydrogens (tertiary/aromatic N) is 5. The highest BCUT2D eigenvalue weighted by atomic mass is 16.5. The van der Waals surface area contributed by atoms with Crippen LogP contribution in [0.5, 0.6) is 0 Å². The summed E-state index contributed by atoms with van der Waals surface area (Å²) in [5.74, 6) is 3.13. The number of hydrogen-bond acceptors (Lipinski definition) is 6. The van der Waals surface area contributed by atoms with E-state index < -0.39 is 0 Å². The SMILES string of the molecule is O=c1ccc(C2CC2)nn1CC1CN(Cc2noc(C3CCC3)n2)C1. The van der Waals surface area contributed by atoms with E-state index in [9.17, 15) is 4.79 Å². The van der Waals surface area contributed by atoms with Crippen LogP contribution in [0.25, 0.3) is 0 Å². The van der Waals surface area contributed by atoms with E-state index in [-0.39, 0.29) is 5.56 Å². The van der Waals surface area contributed by atoms with Crippen molar-refractivity contribution in [1.82, 2.24) is 24.8 Å². The van der Waals surface area contributed by atoms with Gasteiger partial charge in [0.2, 0.25) is 5.89 Å². The van der Waals surface area contributed by atoms with Gasteiger partial charge in [0.15, 0.2) is 5.82 Å². The first-order valence-electron chi connectivity index (χ1n) is 9.37. The van der Waals surface area contributed by atoms with Crippen LogP contribution >= 0.6 is 0 Å². The highest BCUT2D eigenvalue weighted by molar-refractivity contribution is 5.12. The van der Waals surface area contributed by atoms with Crippen LogP contribution in [-0.2, 0) is 13.1 Å². The molecule has 1 saturated heterocycles. The normalized spacial score (nSPS) is 21.9. The van der Waals surface area contributed by atoms with E-state index in [4.69, 9.17) is 4.52 Å². The van der Waals surface area contributed by atoms with E-state index in [1.165, 1.54) is 32.1 Å². The Labute approximate surface area is 146 Å². The first-order chi connectivity index (χ1) is 12.2. The lowest BCUT2D eigenvalue weighted by Crippen LogP contribution is -2.49. The Hall–Kier alpha value is -2.02. The molecule has 0 amide bonds. The molecule has 1 aliphatic heterocycles. The molecule has 7 nitrogen and oxygen atoms in total. The first kappa shape index (κ1) is 15.3. The number of aromatic nitrogens is 4. The molecular weight excluding hydrogens is 318 g/mol. The summed E-state index contributed by atoms with van der Waals surface area (Å²) >= 11 is 0. The van der Waals surface area contributed by atoms with Gasteiger partial charge in [0, 0.05) is 36.9 Å². The lowest BCUT2D eigenvalue weighted by Gasteiger charge is -2.38. The molecule has 2 aromatic heterocycles. The number of likely N-dealkylation sites (tertiary alicyclic amines) is 1. The molecule has 3 heterocycles. The Bertz CT molecular complexity index is 815. The van der Waals surface area contributed by atoms with Gasteiger partial charge in [0.05, 0.1) is 18.8 Å². The maximum absolute atomic E-state index is 12.0. The molecule has 3 fully saturated rings. The van der Waals surface area contributed by atoms with Crippen molar-refractivity contribution >= 4 is 0 Å². The van der Waals surface area contributed by atoms with Crippen molar-refractivity contribution in [2.75, 3.05) is 13.1 Å². The van der Waals surface area contributed by atoms with E-state index in [0.29, 0.717) is 24.3 Å². The fourth-order valence-corrected chi connectivity index (χ4v) is 3.71. The van der Waals surface area contributed by atoms with Gasteiger partial charge in [-0.25, -0.2) is 4.68 Å². The second kappa shape index (κ2) is 6.05. The average Bonchev–Trinajstić information content (AvgIpc) is 3.27. The minimum atomic E-state index is 0.00570. The van der Waals surface area contributed by atoms with Crippen molar-refractivity contribution in [2.45, 2.75) is 57.0 Å². The molecule has 0 unspecified atom stereocenters. The third-order valence-corrected chi connectivity index (χ3v) is 5.65. The minimum Gasteiger partial charge on any atom is -0.339 e. The lowest BCUT2D eigenvalue weighted by atomic mass is 9.85. The monoisotopic (exact) mass is 341 g/mol. The van der Waals surface area contributed by atoms with Gasteiger partial charge in [0.25, 0.3) is 5.56 Å². The molecule has 0 bridgehead atoms. The fraction of sp³-hybridized carbons (Fsp3) is 0.667. The molecule has 7 heteroatoms. The van der Waals surface area contributed by atoms with Gasteiger partial charge in [-0.05, 0) is 31.7 Å². The predicted molar refractivity (Wildman–Crippen MR) is 90.1 cm³/mol. The van der Waals surface area contributed by atoms with Crippen molar-refractivity contribution in [3.05, 3.63) is 39.9 Å². The number of hydrogen-bond donors (Lipinski definition) is 0. The molecule has 3 aliphatic rings. The van der Waals surface area contributed by atoms with Crippen LogP contribution in [0, 0.1) is 5.92 Å². The molecule has 0 atom stereocenters. The summed E-state index contributed by atoms with van der Waals surface area (Å²) < 4.78 is 7.03. The summed E-state index contributed by atoms with van der Waals surface area (Å²) in [5.41, 5.74) is 1.08. The van der Waals surface area contributed by atoms with Crippen LogP contribution in [0.4, 0.5) is 0 Å². The summed E-state index contributed by atoms with van der Waals surface area (Å²) in [6.45, 7) is 3.34. The zero-order valence-corrected chi connectivity index (χ0v) is 14.3. The maximum Gasteiger partial charge on any atom is 0.266 e. The minimum absolute atomic E-state index is 0.00570. The quantitative estimate of drug-likeness (QED) is 0.799. The fourth-order valence-electron chi connectivity index (χ4n) is 3.71. The van der Waals surface area contributed by atoms with Gasteiger partial charge < -0.3 is 4.52 Å². The molecule has 2 aromatic rings. The third kappa shape index (κ3) is 3.13. The summed E-state index contributed by atoms with van der Waals surface area (Å²) in [7, 11) is 0. The standard InChI is InChI=1S/C18H23N5O2/c24-17-7-6-15(13-4-5-13)20-23(17)10-12-8-22(9-12)11-16-19-18(25-21-16)14-2-1-3-14/h6-7,12-14H,1-5,8-11H2. The molecule has 0 radical (unpaired) electrons. The Balaban J connectivity index is 1.15. The predicted octanol–water partition coefficient (Wildman–Crippen LogP) is 1.90. The molecule has 0 spiro atoms. The highest BCUT2D eigenvalue weighted by Crippen LogP contribution is 2.38. The van der Waals surface area contributed by atoms with Crippen molar-refractivity contribution < 1.29 is 4.52 Å². The van der Waals surface area contributed by atoms with E-state index in [0.717, 1.165) is 37.0 Å². The second-order valence-electron chi connectivity index (χ2n) is 7.79. The summed E-state index contributed by atoms with van der Waals surface area (Å²) in [4.78, 5) is 18.8. The van der Waals surface area contributed by atoms with Gasteiger partial charge in [-0.15, -0.1) is 0 Å². The topological polar surface area (TPSA) is 77.0 Å². The number of rotatable bonds is 6. The van der Waals surface area contributed by atoms with Crippen LogP contribution in [-0.4, -0.2) is 37.9 Å². The van der Waals surface area contributed by atoms with Crippen LogP contribution in [0.3, 0.4) is 0 Å². The zero-order chi connectivity index (χ0) is 16.8. The van der Waals surface area contributed by atoms with E-state index in [2.05, 4.69) is 20.1 Å². The third-order valence-electron chi connectivity index (χ3n) is 5.65. The largest absolute Gasteiger partial charge is 0.339 e. The Morgan fingerprint density at radius 3 is 2.68 bits per heavy atom. The zero-order valence-electron chi connectivity index (χ0n) is 14.3. The van der Waals surface area contributed by atoms with Crippen LogP contribution in [0.2, 0.25) is 0 Å². The molecule has 2 saturated carbocycles. The van der Waals surface area contributed by atoms with Crippen LogP contribution < -0.4 is 5.56 Å². The lowest BCUT2D eigenvalue weighted by molar-refractivity contribution is 0.0731. The second-order valence-corrected chi connectivity index (χ2v) is 7.79. The summed E-state index contributed by atoms with van der Waals surface area (Å²) in [5, 5.41) is 8.66. The Morgan fingerprint density at radius 2 is 1.96 bits per heavy atom. The highest BCUT2D eigenvalue weighted by Gasteiger charge is 2.31. The average molecular weight is 341 g/mol. The van der Waals surface area contributed by atoms with Crippen molar-refractivity contribution in [3.8, 4) is 0 Å². The molecule has 0 aromatic carbocycles. The summed E-state index contributed by atoms with van der Waals surface area (Å²) in [6, 6.07) is 3.55. The molecule has 0 N–H and O–H groups in total. The Kier molecular flexibility index (Phi) is 3.69. The smallest absolute Gasteiger partial charge is 0.266 e. The van der Waals surface area contributed by atoms with Gasteiger partial charge in [-0.2, -0.15) is 10.1 Å². The molecule has 2 aliphatic carbocycles. The van der Waals surface area contributed by atoms with Gasteiger partial charge in [-0.3, -0.25) is 9.69 Å². The van der Waals surface area contributed by atoms with E-state index >= 15 is 0 Å². The maximum atomic E-state index is 12.0. The van der Waals surface area contributed by atoms with E-state index in [1.54, 1.807) is 10.7 Å². The molecule has 5 rings (SSSR count). The molecule has 25 heavy (non-hydrogen) atoms. The Morgan fingerprint density at radius 1 is 1.12 bits per heavy atom. The van der Waals surface area contributed by atoms with Gasteiger partial charge >= 0.3 is 0 Å². The molecule has 132 valence electrons. The van der Waals surface area contributed by atoms with Crippen LogP contribution in [0.15, 0.2) is 21.5 Å². The van der Waals surface area contributed by atoms with Crippen molar-refractivity contribution in [1.29, 1.82) is 0 Å². The first-order valence-corrected chi connectivity index (χ1v) is 9.37. The van der Waals surface area contributed by atoms with Crippen molar-refractivity contribution in [3.63, 3.8) is 0 Å².